The van der Waals surface area contributed by atoms with E-state index in [1.807, 2.05) is 0 Å². The predicted octanol–water partition coefficient (Wildman–Crippen LogP) is 4.34. The summed E-state index contributed by atoms with van der Waals surface area (Å²) in [4.78, 5) is 2.67. The van der Waals surface area contributed by atoms with Crippen LogP contribution in [-0.2, 0) is 0 Å². The highest BCUT2D eigenvalue weighted by Crippen LogP contribution is 2.54. The second-order valence-corrected chi connectivity index (χ2v) is 8.64. The summed E-state index contributed by atoms with van der Waals surface area (Å²) >= 11 is 0. The second-order valence-electron chi connectivity index (χ2n) is 8.64. The van der Waals surface area contributed by atoms with Gasteiger partial charge in [-0.15, -0.1) is 0 Å². The fraction of sp³-hybridized carbons (Fsp3) is 0.882. The lowest BCUT2D eigenvalue weighted by Crippen LogP contribution is -2.54. The van der Waals surface area contributed by atoms with Crippen molar-refractivity contribution in [2.24, 2.45) is 22.7 Å². The van der Waals surface area contributed by atoms with Crippen LogP contribution in [0.3, 0.4) is 0 Å². The maximum absolute atomic E-state index is 4.56. The molecule has 2 rings (SSSR count). The van der Waals surface area contributed by atoms with Gasteiger partial charge in [-0.05, 0) is 30.7 Å². The van der Waals surface area contributed by atoms with Crippen LogP contribution >= 0.6 is 0 Å². The van der Waals surface area contributed by atoms with Gasteiger partial charge in [0.15, 0.2) is 0 Å². The summed E-state index contributed by atoms with van der Waals surface area (Å²) < 4.78 is 0. The zero-order valence-corrected chi connectivity index (χ0v) is 13.4. The molecular weight excluding hydrogens is 218 g/mol. The van der Waals surface area contributed by atoms with Gasteiger partial charge in [0, 0.05) is 23.9 Å². The number of fused-ring (bicyclic) bond motifs is 2. The summed E-state index contributed by atoms with van der Waals surface area (Å²) in [6, 6.07) is 1.45. The zero-order chi connectivity index (χ0) is 13.9. The molecule has 0 amide bonds. The minimum atomic E-state index is 0.328. The highest BCUT2D eigenvalue weighted by molar-refractivity contribution is 5.24. The average Bonchev–Trinajstić information content (AvgIpc) is 2.43. The van der Waals surface area contributed by atoms with Gasteiger partial charge in [-0.25, -0.2) is 0 Å². The normalized spacial score (nSPS) is 38.3. The van der Waals surface area contributed by atoms with Gasteiger partial charge in [0.1, 0.15) is 0 Å². The highest BCUT2D eigenvalue weighted by atomic mass is 15.2. The van der Waals surface area contributed by atoms with Crippen molar-refractivity contribution in [3.63, 3.8) is 0 Å². The van der Waals surface area contributed by atoms with Crippen molar-refractivity contribution in [1.29, 1.82) is 0 Å². The third kappa shape index (κ3) is 2.05. The molecule has 0 saturated carbocycles. The number of hydrogen-bond donors (Lipinski definition) is 0. The van der Waals surface area contributed by atoms with Gasteiger partial charge in [0.05, 0.1) is 0 Å². The molecule has 2 aliphatic heterocycles. The Labute approximate surface area is 114 Å². The molecule has 2 fully saturated rings. The molecule has 2 aliphatic rings. The lowest BCUT2D eigenvalue weighted by molar-refractivity contribution is 0.0290. The summed E-state index contributed by atoms with van der Waals surface area (Å²) in [6.45, 7) is 18.9. The van der Waals surface area contributed by atoms with E-state index >= 15 is 0 Å². The monoisotopic (exact) mass is 249 g/mol. The third-order valence-corrected chi connectivity index (χ3v) is 5.24. The molecule has 0 aromatic carbocycles. The average molecular weight is 249 g/mol. The van der Waals surface area contributed by atoms with E-state index in [1.165, 1.54) is 18.4 Å². The summed E-state index contributed by atoms with van der Waals surface area (Å²) in [7, 11) is 2.34. The first-order valence-electron chi connectivity index (χ1n) is 7.46. The fourth-order valence-corrected chi connectivity index (χ4v) is 4.75. The van der Waals surface area contributed by atoms with E-state index in [0.29, 0.717) is 22.7 Å². The van der Waals surface area contributed by atoms with Crippen LogP contribution < -0.4 is 0 Å². The van der Waals surface area contributed by atoms with E-state index in [2.05, 4.69) is 60.1 Å². The van der Waals surface area contributed by atoms with Crippen LogP contribution in [-0.4, -0.2) is 24.0 Å². The van der Waals surface area contributed by atoms with Crippen LogP contribution in [0, 0.1) is 22.7 Å². The summed E-state index contributed by atoms with van der Waals surface area (Å²) in [6.07, 6.45) is 2.71. The van der Waals surface area contributed by atoms with Crippen molar-refractivity contribution >= 4 is 0 Å². The number of piperidine rings is 1. The topological polar surface area (TPSA) is 3.24 Å². The van der Waals surface area contributed by atoms with Crippen molar-refractivity contribution in [2.75, 3.05) is 7.05 Å². The van der Waals surface area contributed by atoms with Gasteiger partial charge < -0.3 is 0 Å². The van der Waals surface area contributed by atoms with Gasteiger partial charge >= 0.3 is 0 Å². The molecule has 104 valence electrons. The van der Waals surface area contributed by atoms with Gasteiger partial charge in [-0.1, -0.05) is 53.7 Å². The number of hydrogen-bond acceptors (Lipinski definition) is 1. The number of rotatable bonds is 0. The zero-order valence-electron chi connectivity index (χ0n) is 13.4. The summed E-state index contributed by atoms with van der Waals surface area (Å²) in [5.74, 6) is 1.29. The van der Waals surface area contributed by atoms with Crippen LogP contribution in [0.4, 0.5) is 0 Å². The Balaban J connectivity index is 2.43. The Morgan fingerprint density at radius 2 is 1.22 bits per heavy atom. The molecule has 0 aromatic heterocycles. The van der Waals surface area contributed by atoms with Crippen molar-refractivity contribution in [3.05, 3.63) is 12.2 Å². The quantitative estimate of drug-likeness (QED) is 0.577. The molecular formula is C17H31N. The molecule has 2 heterocycles. The maximum Gasteiger partial charge on any atom is 0.0166 e. The molecule has 1 heteroatoms. The first kappa shape index (κ1) is 14.1. The van der Waals surface area contributed by atoms with Crippen molar-refractivity contribution < 1.29 is 0 Å². The molecule has 2 saturated heterocycles. The van der Waals surface area contributed by atoms with Crippen LogP contribution in [0.2, 0.25) is 0 Å². The van der Waals surface area contributed by atoms with E-state index in [1.54, 1.807) is 0 Å². The maximum atomic E-state index is 4.56. The first-order chi connectivity index (χ1) is 8.05. The lowest BCUT2D eigenvalue weighted by atomic mass is 9.61. The largest absolute Gasteiger partial charge is 0.299 e. The summed E-state index contributed by atoms with van der Waals surface area (Å²) in [5.41, 5.74) is 2.18. The molecule has 0 N–H and O–H groups in total. The predicted molar refractivity (Wildman–Crippen MR) is 79.6 cm³/mol. The highest BCUT2D eigenvalue weighted by Gasteiger charge is 2.53. The molecule has 18 heavy (non-hydrogen) atoms. The molecule has 2 bridgehead atoms. The van der Waals surface area contributed by atoms with Crippen LogP contribution in [0.5, 0.6) is 0 Å². The molecule has 0 radical (unpaired) electrons. The van der Waals surface area contributed by atoms with Crippen molar-refractivity contribution in [1.82, 2.24) is 4.90 Å². The van der Waals surface area contributed by atoms with Gasteiger partial charge in [0.2, 0.25) is 0 Å². The number of nitrogens with zero attached hydrogens (tertiary/aromatic N) is 1. The molecule has 4 atom stereocenters. The summed E-state index contributed by atoms with van der Waals surface area (Å²) in [5, 5.41) is 0. The van der Waals surface area contributed by atoms with Gasteiger partial charge in [0.25, 0.3) is 0 Å². The fourth-order valence-electron chi connectivity index (χ4n) is 4.75. The Morgan fingerprint density at radius 3 is 1.50 bits per heavy atom. The Hall–Kier alpha value is -0.300. The molecule has 0 aliphatic carbocycles. The van der Waals surface area contributed by atoms with Crippen molar-refractivity contribution in [2.45, 2.75) is 66.5 Å². The minimum Gasteiger partial charge on any atom is -0.299 e. The van der Waals surface area contributed by atoms with Crippen LogP contribution in [0.15, 0.2) is 12.2 Å². The molecule has 1 nitrogen and oxygen atoms in total. The Kier molecular flexibility index (Phi) is 3.21. The van der Waals surface area contributed by atoms with Gasteiger partial charge in [-0.2, -0.15) is 0 Å². The van der Waals surface area contributed by atoms with Crippen molar-refractivity contribution in [3.8, 4) is 0 Å². The Morgan fingerprint density at radius 1 is 0.889 bits per heavy atom. The first-order valence-corrected chi connectivity index (χ1v) is 7.46. The minimum absolute atomic E-state index is 0.328. The molecule has 0 aromatic rings. The van der Waals surface area contributed by atoms with E-state index < -0.39 is 0 Å². The standard InChI is InChI=1S/C17H31N/c1-11-14(16(2,3)4)12-9-10-13(18(12)8)15(11)17(5,6)7/h12-15H,1,9-10H2,2-8H3. The second kappa shape index (κ2) is 4.10. The molecule has 0 spiro atoms. The molecule has 4 unspecified atom stereocenters. The lowest BCUT2D eigenvalue weighted by Gasteiger charge is -2.53. The van der Waals surface area contributed by atoms with E-state index in [0.717, 1.165) is 12.1 Å². The van der Waals surface area contributed by atoms with Gasteiger partial charge in [-0.3, -0.25) is 4.90 Å². The van der Waals surface area contributed by atoms with E-state index in [-0.39, 0.29) is 0 Å². The van der Waals surface area contributed by atoms with Crippen LogP contribution in [0.1, 0.15) is 54.4 Å². The smallest absolute Gasteiger partial charge is 0.0166 e. The SMILES string of the molecule is C=C1C(C(C)(C)C)C2CCC(C1C(C)(C)C)N2C. The Bertz CT molecular complexity index is 310. The third-order valence-electron chi connectivity index (χ3n) is 5.24. The van der Waals surface area contributed by atoms with E-state index in [9.17, 15) is 0 Å². The van der Waals surface area contributed by atoms with Crippen LogP contribution in [0.25, 0.3) is 0 Å². The van der Waals surface area contributed by atoms with E-state index in [4.69, 9.17) is 0 Å².